The van der Waals surface area contributed by atoms with Gasteiger partial charge in [0.05, 0.1) is 11.1 Å². The molecular formula is C19H12N2O3. The molecule has 2 aromatic heterocycles. The summed E-state index contributed by atoms with van der Waals surface area (Å²) in [6.07, 6.45) is 3.10. The third-order valence-corrected chi connectivity index (χ3v) is 3.99. The summed E-state index contributed by atoms with van der Waals surface area (Å²) in [6, 6.07) is 13.6. The van der Waals surface area contributed by atoms with Gasteiger partial charge in [0, 0.05) is 23.2 Å². The number of hydrogen-bond donors (Lipinski definition) is 2. The summed E-state index contributed by atoms with van der Waals surface area (Å²) < 4.78 is 0. The molecule has 5 nitrogen and oxygen atoms in total. The fourth-order valence-electron chi connectivity index (χ4n) is 2.77. The van der Waals surface area contributed by atoms with Gasteiger partial charge < -0.3 is 10.2 Å². The van der Waals surface area contributed by atoms with Gasteiger partial charge in [-0.05, 0) is 24.3 Å². The van der Waals surface area contributed by atoms with Gasteiger partial charge in [-0.1, -0.05) is 24.3 Å². The molecule has 4 aromatic rings. The first-order chi connectivity index (χ1) is 11.7. The van der Waals surface area contributed by atoms with Crippen molar-refractivity contribution in [2.75, 3.05) is 0 Å². The van der Waals surface area contributed by atoms with Crippen LogP contribution >= 0.6 is 0 Å². The van der Waals surface area contributed by atoms with Crippen molar-refractivity contribution in [1.29, 1.82) is 0 Å². The number of fused-ring (bicyclic) bond motifs is 2. The second-order valence-electron chi connectivity index (χ2n) is 5.40. The monoisotopic (exact) mass is 316 g/mol. The van der Waals surface area contributed by atoms with Crippen molar-refractivity contribution in [1.82, 2.24) is 9.97 Å². The van der Waals surface area contributed by atoms with E-state index in [1.165, 1.54) is 12.1 Å². The first-order valence-corrected chi connectivity index (χ1v) is 7.35. The van der Waals surface area contributed by atoms with Crippen molar-refractivity contribution in [3.63, 3.8) is 0 Å². The maximum Gasteiger partial charge on any atom is 0.200 e. The summed E-state index contributed by atoms with van der Waals surface area (Å²) in [6.45, 7) is 0. The Bertz CT molecular complexity index is 1020. The molecule has 0 aliphatic rings. The van der Waals surface area contributed by atoms with Crippen LogP contribution in [0.2, 0.25) is 0 Å². The molecule has 5 heteroatoms. The highest BCUT2D eigenvalue weighted by atomic mass is 16.3. The number of hydrogen-bond acceptors (Lipinski definition) is 5. The Balaban J connectivity index is 1.91. The summed E-state index contributed by atoms with van der Waals surface area (Å²) >= 11 is 0. The van der Waals surface area contributed by atoms with Crippen LogP contribution in [0.25, 0.3) is 21.8 Å². The van der Waals surface area contributed by atoms with Crippen molar-refractivity contribution in [3.05, 3.63) is 72.1 Å². The van der Waals surface area contributed by atoms with Gasteiger partial charge in [0.2, 0.25) is 5.78 Å². The SMILES string of the molecule is O=C(c1ccc2cccnc2c1O)c1ccc2cccnc2c1O. The Morgan fingerprint density at radius 1 is 0.708 bits per heavy atom. The molecule has 0 bridgehead atoms. The van der Waals surface area contributed by atoms with Crippen molar-refractivity contribution >= 4 is 27.6 Å². The average Bonchev–Trinajstić information content (AvgIpc) is 2.62. The Labute approximate surface area is 136 Å². The molecule has 0 atom stereocenters. The minimum atomic E-state index is -0.481. The molecule has 0 aliphatic carbocycles. The second-order valence-corrected chi connectivity index (χ2v) is 5.40. The zero-order valence-electron chi connectivity index (χ0n) is 12.5. The van der Waals surface area contributed by atoms with E-state index >= 15 is 0 Å². The van der Waals surface area contributed by atoms with Crippen LogP contribution < -0.4 is 0 Å². The van der Waals surface area contributed by atoms with E-state index in [1.807, 2.05) is 0 Å². The van der Waals surface area contributed by atoms with E-state index < -0.39 is 5.78 Å². The fraction of sp³-hybridized carbons (Fsp3) is 0. The zero-order chi connectivity index (χ0) is 16.7. The summed E-state index contributed by atoms with van der Waals surface area (Å²) in [5.41, 5.74) is 0.877. The van der Waals surface area contributed by atoms with E-state index in [0.29, 0.717) is 11.0 Å². The number of ketones is 1. The minimum absolute atomic E-state index is 0.0896. The Kier molecular flexibility index (Phi) is 3.13. The van der Waals surface area contributed by atoms with Gasteiger partial charge >= 0.3 is 0 Å². The van der Waals surface area contributed by atoms with Gasteiger partial charge in [0.1, 0.15) is 11.0 Å². The van der Waals surface area contributed by atoms with Gasteiger partial charge in [-0.3, -0.25) is 14.8 Å². The van der Waals surface area contributed by atoms with E-state index in [1.54, 1.807) is 48.8 Å². The van der Waals surface area contributed by atoms with Crippen molar-refractivity contribution in [3.8, 4) is 11.5 Å². The molecule has 4 rings (SSSR count). The molecule has 0 saturated carbocycles. The van der Waals surface area contributed by atoms with Crippen LogP contribution in [0.15, 0.2) is 60.9 Å². The molecular weight excluding hydrogens is 304 g/mol. The predicted molar refractivity (Wildman–Crippen MR) is 90.2 cm³/mol. The summed E-state index contributed by atoms with van der Waals surface area (Å²) in [5, 5.41) is 22.3. The molecule has 116 valence electrons. The largest absolute Gasteiger partial charge is 0.505 e. The minimum Gasteiger partial charge on any atom is -0.505 e. The standard InChI is InChI=1S/C19H12N2O3/c22-17(13-7-5-11-3-1-9-20-15(11)18(13)23)14-8-6-12-4-2-10-21-16(12)19(14)24/h1-10,23-24H. The van der Waals surface area contributed by atoms with E-state index in [-0.39, 0.29) is 22.6 Å². The number of nitrogens with zero attached hydrogens (tertiary/aromatic N) is 2. The van der Waals surface area contributed by atoms with Crippen LogP contribution in [0, 0.1) is 0 Å². The number of pyridine rings is 2. The predicted octanol–water partition coefficient (Wildman–Crippen LogP) is 3.43. The summed E-state index contributed by atoms with van der Waals surface area (Å²) in [4.78, 5) is 21.0. The van der Waals surface area contributed by atoms with E-state index in [4.69, 9.17) is 0 Å². The van der Waals surface area contributed by atoms with Gasteiger partial charge in [-0.2, -0.15) is 0 Å². The van der Waals surface area contributed by atoms with Crippen LogP contribution in [0.3, 0.4) is 0 Å². The van der Waals surface area contributed by atoms with Crippen molar-refractivity contribution in [2.24, 2.45) is 0 Å². The lowest BCUT2D eigenvalue weighted by Gasteiger charge is -2.09. The van der Waals surface area contributed by atoms with Crippen LogP contribution in [0.4, 0.5) is 0 Å². The highest BCUT2D eigenvalue weighted by Crippen LogP contribution is 2.33. The van der Waals surface area contributed by atoms with E-state index in [9.17, 15) is 15.0 Å². The molecule has 24 heavy (non-hydrogen) atoms. The average molecular weight is 316 g/mol. The number of benzene rings is 2. The molecule has 0 spiro atoms. The lowest BCUT2D eigenvalue weighted by atomic mass is 9.98. The molecule has 0 unspecified atom stereocenters. The van der Waals surface area contributed by atoms with Gasteiger partial charge in [0.15, 0.2) is 11.5 Å². The van der Waals surface area contributed by atoms with Crippen LogP contribution in [-0.4, -0.2) is 26.0 Å². The maximum atomic E-state index is 12.8. The number of phenolic OH excluding ortho intramolecular Hbond substituents is 2. The molecule has 2 heterocycles. The molecule has 0 aliphatic heterocycles. The lowest BCUT2D eigenvalue weighted by Crippen LogP contribution is -2.03. The number of aromatic nitrogens is 2. The number of carbonyl (C=O) groups excluding carboxylic acids is 1. The highest BCUT2D eigenvalue weighted by molar-refractivity contribution is 6.16. The number of phenols is 2. The molecule has 0 radical (unpaired) electrons. The summed E-state index contributed by atoms with van der Waals surface area (Å²) in [5.74, 6) is -0.873. The van der Waals surface area contributed by atoms with Crippen LogP contribution in [0.1, 0.15) is 15.9 Å². The Hall–Kier alpha value is -3.47. The third-order valence-electron chi connectivity index (χ3n) is 3.99. The van der Waals surface area contributed by atoms with Crippen LogP contribution in [0.5, 0.6) is 11.5 Å². The molecule has 2 aromatic carbocycles. The zero-order valence-corrected chi connectivity index (χ0v) is 12.5. The quantitative estimate of drug-likeness (QED) is 0.554. The number of aromatic hydroxyl groups is 2. The first-order valence-electron chi connectivity index (χ1n) is 7.35. The number of rotatable bonds is 2. The fourth-order valence-corrected chi connectivity index (χ4v) is 2.77. The lowest BCUT2D eigenvalue weighted by molar-refractivity contribution is 0.103. The van der Waals surface area contributed by atoms with Gasteiger partial charge in [-0.25, -0.2) is 0 Å². The molecule has 2 N–H and O–H groups in total. The van der Waals surface area contributed by atoms with E-state index in [2.05, 4.69) is 9.97 Å². The van der Waals surface area contributed by atoms with Crippen molar-refractivity contribution < 1.29 is 15.0 Å². The van der Waals surface area contributed by atoms with Crippen molar-refractivity contribution in [2.45, 2.75) is 0 Å². The molecule has 0 fully saturated rings. The van der Waals surface area contributed by atoms with E-state index in [0.717, 1.165) is 10.8 Å². The van der Waals surface area contributed by atoms with Gasteiger partial charge in [-0.15, -0.1) is 0 Å². The Morgan fingerprint density at radius 3 is 1.62 bits per heavy atom. The maximum absolute atomic E-state index is 12.8. The highest BCUT2D eigenvalue weighted by Gasteiger charge is 2.20. The topological polar surface area (TPSA) is 83.3 Å². The second kappa shape index (κ2) is 5.31. The first kappa shape index (κ1) is 14.1. The molecule has 0 saturated heterocycles. The molecule has 0 amide bonds. The number of carbonyl (C=O) groups is 1. The van der Waals surface area contributed by atoms with Crippen LogP contribution in [-0.2, 0) is 0 Å². The summed E-state index contributed by atoms with van der Waals surface area (Å²) in [7, 11) is 0. The Morgan fingerprint density at radius 2 is 1.17 bits per heavy atom. The smallest absolute Gasteiger partial charge is 0.200 e. The third kappa shape index (κ3) is 2.06. The normalized spacial score (nSPS) is 11.0. The van der Waals surface area contributed by atoms with Gasteiger partial charge in [0.25, 0.3) is 0 Å².